The topological polar surface area (TPSA) is 94.3 Å². The van der Waals surface area contributed by atoms with Crippen LogP contribution in [0, 0.1) is 6.92 Å². The fraction of sp³-hybridized carbons (Fsp3) is 0.100. The Morgan fingerprint density at radius 1 is 1.15 bits per heavy atom. The van der Waals surface area contributed by atoms with E-state index in [2.05, 4.69) is 15.3 Å². The molecular weight excluding hydrogens is 346 g/mol. The molecule has 2 aromatic heterocycles. The number of anilines is 1. The zero-order valence-electron chi connectivity index (χ0n) is 14.4. The van der Waals surface area contributed by atoms with Crippen LogP contribution in [0.5, 0.6) is 0 Å². The second-order valence-corrected chi connectivity index (χ2v) is 5.96. The van der Waals surface area contributed by atoms with Crippen molar-refractivity contribution >= 4 is 39.6 Å². The number of nitrogens with zero attached hydrogens (tertiary/aromatic N) is 2. The van der Waals surface area contributed by atoms with Crippen molar-refractivity contribution in [2.45, 2.75) is 6.92 Å². The summed E-state index contributed by atoms with van der Waals surface area (Å²) in [6.07, 6.45) is 1.25. The number of fused-ring (bicyclic) bond motifs is 2. The van der Waals surface area contributed by atoms with Gasteiger partial charge in [0.1, 0.15) is 5.52 Å². The van der Waals surface area contributed by atoms with E-state index in [1.807, 2.05) is 31.2 Å². The molecule has 0 aliphatic carbocycles. The first kappa shape index (κ1) is 16.7. The molecule has 1 N–H and O–H groups in total. The molecule has 7 nitrogen and oxygen atoms in total. The van der Waals surface area contributed by atoms with Crippen molar-refractivity contribution in [2.24, 2.45) is 0 Å². The van der Waals surface area contributed by atoms with Crippen LogP contribution in [0.4, 0.5) is 5.69 Å². The Kier molecular flexibility index (Phi) is 4.25. The molecule has 1 amide bonds. The first-order valence-corrected chi connectivity index (χ1v) is 8.27. The van der Waals surface area contributed by atoms with Gasteiger partial charge in [-0.1, -0.05) is 24.3 Å². The molecule has 134 valence electrons. The third-order valence-electron chi connectivity index (χ3n) is 4.03. The van der Waals surface area contributed by atoms with Crippen LogP contribution >= 0.6 is 0 Å². The number of aryl methyl sites for hydroxylation is 1. The second kappa shape index (κ2) is 6.87. The summed E-state index contributed by atoms with van der Waals surface area (Å²) < 4.78 is 10.3. The fourth-order valence-electron chi connectivity index (χ4n) is 2.86. The van der Waals surface area contributed by atoms with Crippen molar-refractivity contribution in [1.29, 1.82) is 0 Å². The summed E-state index contributed by atoms with van der Waals surface area (Å²) in [7, 11) is 0. The number of carbonyl (C=O) groups is 2. The van der Waals surface area contributed by atoms with Crippen LogP contribution in [0.25, 0.3) is 22.0 Å². The van der Waals surface area contributed by atoms with E-state index in [1.54, 1.807) is 24.3 Å². The van der Waals surface area contributed by atoms with Gasteiger partial charge in [-0.2, -0.15) is 0 Å². The smallest absolute Gasteiger partial charge is 0.340 e. The van der Waals surface area contributed by atoms with Crippen LogP contribution in [-0.4, -0.2) is 28.5 Å². The molecule has 2 aromatic carbocycles. The minimum Gasteiger partial charge on any atom is -0.452 e. The number of esters is 1. The SMILES string of the molecule is Cc1cc(NC(=O)COC(=O)c2cccc3ocnc23)c2ccccc2n1. The largest absolute Gasteiger partial charge is 0.452 e. The van der Waals surface area contributed by atoms with E-state index in [1.165, 1.54) is 6.39 Å². The number of para-hydroxylation sites is 2. The van der Waals surface area contributed by atoms with Gasteiger partial charge in [-0.15, -0.1) is 0 Å². The number of nitrogens with one attached hydrogen (secondary N) is 1. The maximum absolute atomic E-state index is 12.3. The van der Waals surface area contributed by atoms with Gasteiger partial charge in [0.2, 0.25) is 0 Å². The number of oxazole rings is 1. The molecule has 0 bridgehead atoms. The Balaban J connectivity index is 1.48. The minimum atomic E-state index is -0.639. The van der Waals surface area contributed by atoms with Gasteiger partial charge in [0.25, 0.3) is 5.91 Å². The Hall–Kier alpha value is -3.74. The maximum Gasteiger partial charge on any atom is 0.340 e. The zero-order chi connectivity index (χ0) is 18.8. The summed E-state index contributed by atoms with van der Waals surface area (Å²) in [5.41, 5.74) is 3.31. The van der Waals surface area contributed by atoms with Crippen molar-refractivity contribution in [3.05, 3.63) is 66.2 Å². The molecule has 0 spiro atoms. The number of rotatable bonds is 4. The third-order valence-corrected chi connectivity index (χ3v) is 4.03. The molecule has 0 saturated carbocycles. The van der Waals surface area contributed by atoms with E-state index < -0.39 is 18.5 Å². The van der Waals surface area contributed by atoms with Crippen LogP contribution < -0.4 is 5.32 Å². The van der Waals surface area contributed by atoms with Crippen LogP contribution in [0.2, 0.25) is 0 Å². The number of benzene rings is 2. The average Bonchev–Trinajstić information content (AvgIpc) is 3.14. The van der Waals surface area contributed by atoms with Crippen molar-refractivity contribution < 1.29 is 18.7 Å². The highest BCUT2D eigenvalue weighted by Crippen LogP contribution is 2.23. The monoisotopic (exact) mass is 361 g/mol. The summed E-state index contributed by atoms with van der Waals surface area (Å²) in [5.74, 6) is -1.08. The highest BCUT2D eigenvalue weighted by atomic mass is 16.5. The van der Waals surface area contributed by atoms with Gasteiger partial charge in [0, 0.05) is 11.1 Å². The lowest BCUT2D eigenvalue weighted by Crippen LogP contribution is -2.21. The van der Waals surface area contributed by atoms with Crippen molar-refractivity contribution in [3.8, 4) is 0 Å². The van der Waals surface area contributed by atoms with Gasteiger partial charge < -0.3 is 14.5 Å². The first-order chi connectivity index (χ1) is 13.1. The highest BCUT2D eigenvalue weighted by molar-refractivity contribution is 6.04. The second-order valence-electron chi connectivity index (χ2n) is 5.96. The van der Waals surface area contributed by atoms with Crippen LogP contribution in [0.3, 0.4) is 0 Å². The zero-order valence-corrected chi connectivity index (χ0v) is 14.4. The Morgan fingerprint density at radius 2 is 2.00 bits per heavy atom. The summed E-state index contributed by atoms with van der Waals surface area (Å²) in [4.78, 5) is 33.0. The Morgan fingerprint density at radius 3 is 2.89 bits per heavy atom. The predicted molar refractivity (Wildman–Crippen MR) is 99.4 cm³/mol. The summed E-state index contributed by atoms with van der Waals surface area (Å²) >= 11 is 0. The van der Waals surface area contributed by atoms with Crippen molar-refractivity contribution in [2.75, 3.05) is 11.9 Å². The number of carbonyl (C=O) groups excluding carboxylic acids is 2. The van der Waals surface area contributed by atoms with E-state index in [0.717, 1.165) is 16.6 Å². The normalized spacial score (nSPS) is 10.9. The molecule has 2 heterocycles. The van der Waals surface area contributed by atoms with Crippen LogP contribution in [0.15, 0.2) is 59.3 Å². The molecule has 7 heteroatoms. The predicted octanol–water partition coefficient (Wildman–Crippen LogP) is 3.48. The standard InChI is InChI=1S/C20H15N3O4/c1-12-9-16(13-5-2-3-7-15(13)22-12)23-18(24)10-26-20(25)14-6-4-8-17-19(14)21-11-27-17/h2-9,11H,10H2,1H3,(H,22,23,24). The number of ether oxygens (including phenoxy) is 1. The number of amides is 1. The molecule has 0 aliphatic heterocycles. The van der Waals surface area contributed by atoms with Gasteiger partial charge in [-0.05, 0) is 31.2 Å². The molecule has 0 saturated heterocycles. The minimum absolute atomic E-state index is 0.249. The molecule has 0 unspecified atom stereocenters. The summed E-state index contributed by atoms with van der Waals surface area (Å²) in [5, 5.41) is 3.59. The van der Waals surface area contributed by atoms with Gasteiger partial charge >= 0.3 is 5.97 Å². The molecule has 4 rings (SSSR count). The van der Waals surface area contributed by atoms with E-state index in [9.17, 15) is 9.59 Å². The third kappa shape index (κ3) is 3.35. The summed E-state index contributed by atoms with van der Waals surface area (Å²) in [6.45, 7) is 1.43. The molecule has 0 aliphatic rings. The first-order valence-electron chi connectivity index (χ1n) is 8.27. The van der Waals surface area contributed by atoms with Crippen LogP contribution in [0.1, 0.15) is 16.1 Å². The molecular formula is C20H15N3O4. The van der Waals surface area contributed by atoms with E-state index in [4.69, 9.17) is 9.15 Å². The maximum atomic E-state index is 12.3. The Bertz CT molecular complexity index is 1170. The molecule has 4 aromatic rings. The van der Waals surface area contributed by atoms with Gasteiger partial charge in [0.05, 0.1) is 16.8 Å². The van der Waals surface area contributed by atoms with Crippen LogP contribution in [-0.2, 0) is 9.53 Å². The van der Waals surface area contributed by atoms with Crippen molar-refractivity contribution in [3.63, 3.8) is 0 Å². The molecule has 0 radical (unpaired) electrons. The lowest BCUT2D eigenvalue weighted by atomic mass is 10.1. The number of hydrogen-bond acceptors (Lipinski definition) is 6. The molecule has 0 atom stereocenters. The molecule has 27 heavy (non-hydrogen) atoms. The van der Waals surface area contributed by atoms with E-state index >= 15 is 0 Å². The molecule has 0 fully saturated rings. The number of hydrogen-bond donors (Lipinski definition) is 1. The lowest BCUT2D eigenvalue weighted by Gasteiger charge is -2.10. The fourth-order valence-corrected chi connectivity index (χ4v) is 2.86. The average molecular weight is 361 g/mol. The van der Waals surface area contributed by atoms with E-state index in [-0.39, 0.29) is 5.56 Å². The Labute approximate surface area is 154 Å². The number of aromatic nitrogens is 2. The highest BCUT2D eigenvalue weighted by Gasteiger charge is 2.16. The van der Waals surface area contributed by atoms with E-state index in [0.29, 0.717) is 16.8 Å². The van der Waals surface area contributed by atoms with Gasteiger partial charge in [0.15, 0.2) is 18.6 Å². The quantitative estimate of drug-likeness (QED) is 0.559. The lowest BCUT2D eigenvalue weighted by molar-refractivity contribution is -0.119. The van der Waals surface area contributed by atoms with Gasteiger partial charge in [-0.3, -0.25) is 9.78 Å². The van der Waals surface area contributed by atoms with Gasteiger partial charge in [-0.25, -0.2) is 9.78 Å². The number of pyridine rings is 1. The summed E-state index contributed by atoms with van der Waals surface area (Å²) in [6, 6.07) is 14.2. The van der Waals surface area contributed by atoms with Crippen molar-refractivity contribution in [1.82, 2.24) is 9.97 Å².